The van der Waals surface area contributed by atoms with Crippen LogP contribution in [0.15, 0.2) is 103 Å². The third-order valence-corrected chi connectivity index (χ3v) is 10.2. The first kappa shape index (κ1) is 34.9. The van der Waals surface area contributed by atoms with Crippen molar-refractivity contribution < 1.29 is 29.3 Å². The van der Waals surface area contributed by atoms with Gasteiger partial charge in [-0.2, -0.15) is 10.1 Å². The summed E-state index contributed by atoms with van der Waals surface area (Å²) in [6, 6.07) is 21.2. The Morgan fingerprint density at radius 2 is 1.85 bits per heavy atom. The molecule has 2 saturated heterocycles. The number of hydrogen-bond acceptors (Lipinski definition) is 8. The Balaban J connectivity index is 1.14. The average Bonchev–Trinajstić information content (AvgIpc) is 3.73. The predicted octanol–water partition coefficient (Wildman–Crippen LogP) is 4.00. The SMILES string of the molecule is COOCC1=CC=CCC1Cn1ncc2c(CN3C[C@H]4N(C(=O)CN4N(C)C(=O)NCc4ccccc4)[C@@H](Cc4ccc(O)cc4)C3=O)cccc21. The van der Waals surface area contributed by atoms with E-state index in [2.05, 4.69) is 17.5 Å². The third-order valence-electron chi connectivity index (χ3n) is 10.2. The lowest BCUT2D eigenvalue weighted by Gasteiger charge is -2.45. The van der Waals surface area contributed by atoms with Gasteiger partial charge in [-0.1, -0.05) is 72.8 Å². The fourth-order valence-electron chi connectivity index (χ4n) is 7.38. The number of aromatic hydroxyl groups is 1. The van der Waals surface area contributed by atoms with Crippen LogP contribution in [0.1, 0.15) is 23.1 Å². The Labute approximate surface area is 302 Å². The molecule has 4 amide bonds. The van der Waals surface area contributed by atoms with Crippen LogP contribution in [0, 0.1) is 5.92 Å². The molecule has 3 heterocycles. The summed E-state index contributed by atoms with van der Waals surface area (Å²) in [7, 11) is 3.15. The van der Waals surface area contributed by atoms with Crippen LogP contribution in [0.5, 0.6) is 5.75 Å². The van der Waals surface area contributed by atoms with Crippen molar-refractivity contribution in [1.29, 1.82) is 0 Å². The minimum absolute atomic E-state index is 0.0440. The summed E-state index contributed by atoms with van der Waals surface area (Å²) in [4.78, 5) is 55.0. The van der Waals surface area contributed by atoms with Crippen molar-refractivity contribution >= 4 is 28.7 Å². The fourth-order valence-corrected chi connectivity index (χ4v) is 7.38. The molecule has 52 heavy (non-hydrogen) atoms. The molecule has 2 N–H and O–H groups in total. The van der Waals surface area contributed by atoms with Gasteiger partial charge in [0.05, 0.1) is 31.9 Å². The lowest BCUT2D eigenvalue weighted by atomic mass is 9.92. The van der Waals surface area contributed by atoms with Crippen LogP contribution in [0.25, 0.3) is 10.9 Å². The quantitative estimate of drug-likeness (QED) is 0.167. The second-order valence-electron chi connectivity index (χ2n) is 13.4. The number of allylic oxidation sites excluding steroid dienone is 3. The minimum Gasteiger partial charge on any atom is -0.508 e. The van der Waals surface area contributed by atoms with Gasteiger partial charge in [0.1, 0.15) is 24.6 Å². The normalized spacial score (nSPS) is 20.3. The number of carbonyl (C=O) groups excluding carboxylic acids is 3. The maximum atomic E-state index is 14.4. The second-order valence-corrected chi connectivity index (χ2v) is 13.4. The highest BCUT2D eigenvalue weighted by atomic mass is 17.2. The van der Waals surface area contributed by atoms with E-state index in [0.29, 0.717) is 26.2 Å². The van der Waals surface area contributed by atoms with Gasteiger partial charge >= 0.3 is 6.03 Å². The zero-order chi connectivity index (χ0) is 36.2. The van der Waals surface area contributed by atoms with E-state index < -0.39 is 12.2 Å². The summed E-state index contributed by atoms with van der Waals surface area (Å²) in [5.74, 6) is -0.0966. The van der Waals surface area contributed by atoms with Gasteiger partial charge in [-0.25, -0.2) is 14.6 Å². The molecule has 13 heteroatoms. The van der Waals surface area contributed by atoms with Crippen LogP contribution >= 0.6 is 0 Å². The van der Waals surface area contributed by atoms with Gasteiger partial charge in [0.15, 0.2) is 0 Å². The molecular formula is C39H43N7O6. The fraction of sp³-hybridized carbons (Fsp3) is 0.333. The van der Waals surface area contributed by atoms with E-state index in [9.17, 15) is 19.5 Å². The molecular weight excluding hydrogens is 662 g/mol. The van der Waals surface area contributed by atoms with Gasteiger partial charge in [-0.3, -0.25) is 19.3 Å². The minimum atomic E-state index is -0.803. The summed E-state index contributed by atoms with van der Waals surface area (Å²) in [6.07, 6.45) is 8.63. The summed E-state index contributed by atoms with van der Waals surface area (Å²) in [5.41, 5.74) is 4.78. The second kappa shape index (κ2) is 15.4. The Kier molecular flexibility index (Phi) is 10.3. The van der Waals surface area contributed by atoms with Crippen LogP contribution in [0.4, 0.5) is 4.79 Å². The molecule has 3 atom stereocenters. The molecule has 0 spiro atoms. The van der Waals surface area contributed by atoms with Crippen molar-refractivity contribution in [2.24, 2.45) is 5.92 Å². The molecule has 4 aromatic rings. The number of aromatic nitrogens is 2. The molecule has 270 valence electrons. The summed E-state index contributed by atoms with van der Waals surface area (Å²) in [6.45, 7) is 1.82. The Morgan fingerprint density at radius 3 is 2.63 bits per heavy atom. The van der Waals surface area contributed by atoms with E-state index in [1.54, 1.807) is 46.1 Å². The lowest BCUT2D eigenvalue weighted by molar-refractivity contribution is -0.266. The van der Waals surface area contributed by atoms with Crippen molar-refractivity contribution in [3.8, 4) is 5.75 Å². The Morgan fingerprint density at radius 1 is 1.04 bits per heavy atom. The van der Waals surface area contributed by atoms with Gasteiger partial charge in [-0.15, -0.1) is 0 Å². The van der Waals surface area contributed by atoms with Gasteiger partial charge in [-0.05, 0) is 46.9 Å². The molecule has 3 aromatic carbocycles. The van der Waals surface area contributed by atoms with Gasteiger partial charge in [0.2, 0.25) is 11.8 Å². The van der Waals surface area contributed by atoms with Crippen LogP contribution in [-0.2, 0) is 45.4 Å². The maximum absolute atomic E-state index is 14.4. The molecule has 1 aliphatic carbocycles. The number of fused-ring (bicyclic) bond motifs is 2. The van der Waals surface area contributed by atoms with Crippen molar-refractivity contribution in [2.75, 3.05) is 33.9 Å². The van der Waals surface area contributed by atoms with Crippen molar-refractivity contribution in [2.45, 2.75) is 44.7 Å². The van der Waals surface area contributed by atoms with Crippen LogP contribution in [0.2, 0.25) is 0 Å². The average molecular weight is 706 g/mol. The van der Waals surface area contributed by atoms with E-state index in [0.717, 1.165) is 39.6 Å². The first-order valence-electron chi connectivity index (χ1n) is 17.4. The first-order valence-corrected chi connectivity index (χ1v) is 17.4. The number of hydrogen-bond donors (Lipinski definition) is 2. The monoisotopic (exact) mass is 705 g/mol. The molecule has 1 unspecified atom stereocenters. The maximum Gasteiger partial charge on any atom is 0.332 e. The van der Waals surface area contributed by atoms with Crippen LogP contribution in [0.3, 0.4) is 0 Å². The summed E-state index contributed by atoms with van der Waals surface area (Å²) < 4.78 is 2.00. The number of phenolic OH excluding ortho intramolecular Hbond substituents is 1. The van der Waals surface area contributed by atoms with Crippen molar-refractivity contribution in [3.05, 3.63) is 119 Å². The summed E-state index contributed by atoms with van der Waals surface area (Å²) in [5, 5.41) is 21.7. The topological polar surface area (TPSA) is 133 Å². The molecule has 0 radical (unpaired) electrons. The molecule has 2 aliphatic heterocycles. The number of nitrogens with zero attached hydrogens (tertiary/aromatic N) is 6. The Bertz CT molecular complexity index is 1980. The van der Waals surface area contributed by atoms with Crippen molar-refractivity contribution in [3.63, 3.8) is 0 Å². The molecule has 13 nitrogen and oxygen atoms in total. The molecule has 7 rings (SSSR count). The third kappa shape index (κ3) is 7.29. The Hall–Kier alpha value is -5.50. The lowest BCUT2D eigenvalue weighted by Crippen LogP contribution is -2.65. The number of benzene rings is 3. The number of urea groups is 1. The largest absolute Gasteiger partial charge is 0.508 e. The zero-order valence-corrected chi connectivity index (χ0v) is 29.3. The van der Waals surface area contributed by atoms with E-state index in [4.69, 9.17) is 14.9 Å². The number of hydrazine groups is 1. The van der Waals surface area contributed by atoms with Crippen LogP contribution < -0.4 is 5.32 Å². The summed E-state index contributed by atoms with van der Waals surface area (Å²) >= 11 is 0. The van der Waals surface area contributed by atoms with Gasteiger partial charge < -0.3 is 20.2 Å². The molecule has 3 aliphatic rings. The highest BCUT2D eigenvalue weighted by Gasteiger charge is 2.51. The van der Waals surface area contributed by atoms with Gasteiger partial charge in [0, 0.05) is 44.4 Å². The van der Waals surface area contributed by atoms with Gasteiger partial charge in [0.25, 0.3) is 0 Å². The zero-order valence-electron chi connectivity index (χ0n) is 29.3. The number of amides is 4. The van der Waals surface area contributed by atoms with Crippen LogP contribution in [-0.4, -0.2) is 98.6 Å². The number of nitrogens with one attached hydrogen (secondary N) is 1. The highest BCUT2D eigenvalue weighted by Crippen LogP contribution is 2.32. The van der Waals surface area contributed by atoms with E-state index in [-0.39, 0.29) is 49.0 Å². The predicted molar refractivity (Wildman–Crippen MR) is 193 cm³/mol. The molecule has 2 fully saturated rings. The first-order chi connectivity index (χ1) is 25.3. The van der Waals surface area contributed by atoms with E-state index in [1.165, 1.54) is 12.1 Å². The number of phenols is 1. The smallest absolute Gasteiger partial charge is 0.332 e. The standard InChI is InChI=1S/C39H43N7O6/c1-42(39(50)40-20-28-9-4-3-5-10-28)45-25-37(48)46-35(19-27-15-17-32(47)18-16-27)38(49)43(24-36(45)46)22-30-13-8-14-34-33(30)21-41-44(34)23-29-11-6-7-12-31(29)26-52-51-2/h3-10,12-18,21,29,35-36,47H,11,19-20,22-26H2,1-2H3,(H,40,50)/t29?,35-,36+/m0/s1. The molecule has 1 aromatic heterocycles. The van der Waals surface area contributed by atoms with E-state index >= 15 is 0 Å². The number of piperazine rings is 1. The highest BCUT2D eigenvalue weighted by molar-refractivity contribution is 5.92. The number of rotatable bonds is 12. The number of carbonyl (C=O) groups is 3. The molecule has 0 bridgehead atoms. The molecule has 0 saturated carbocycles. The van der Waals surface area contributed by atoms with E-state index in [1.807, 2.05) is 65.5 Å². The van der Waals surface area contributed by atoms with Crippen molar-refractivity contribution in [1.82, 2.24) is 34.9 Å².